The van der Waals surface area contributed by atoms with Crippen molar-refractivity contribution in [3.8, 4) is 0 Å². The van der Waals surface area contributed by atoms with Gasteiger partial charge < -0.3 is 10.6 Å². The van der Waals surface area contributed by atoms with E-state index in [-0.39, 0.29) is 0 Å². The molecule has 0 atom stereocenters. The molecule has 0 aromatic heterocycles. The molecule has 0 fully saturated rings. The maximum atomic E-state index is 6.02. The van der Waals surface area contributed by atoms with Crippen LogP contribution < -0.4 is 10.6 Å². The van der Waals surface area contributed by atoms with Crippen molar-refractivity contribution in [2.24, 2.45) is 10.7 Å². The number of hydrogen-bond donors (Lipinski definition) is 1. The Kier molecular flexibility index (Phi) is 3.13. The molecule has 0 spiro atoms. The summed E-state index contributed by atoms with van der Waals surface area (Å²) >= 11 is 6.02. The van der Waals surface area contributed by atoms with Gasteiger partial charge in [0.05, 0.1) is 0 Å². The number of nitrogens with two attached hydrogens (primary N) is 1. The molecule has 2 aromatic rings. The van der Waals surface area contributed by atoms with Crippen molar-refractivity contribution in [3.05, 3.63) is 64.7 Å². The molecule has 1 aliphatic rings. The zero-order valence-corrected chi connectivity index (χ0v) is 11.1. The van der Waals surface area contributed by atoms with Gasteiger partial charge in [-0.05, 0) is 23.8 Å². The Morgan fingerprint density at radius 3 is 2.74 bits per heavy atom. The van der Waals surface area contributed by atoms with Crippen LogP contribution >= 0.6 is 11.6 Å². The highest BCUT2D eigenvalue weighted by atomic mass is 35.5. The second-order valence-corrected chi connectivity index (χ2v) is 4.97. The first-order chi connectivity index (χ1) is 9.24. The molecule has 2 aromatic carbocycles. The first-order valence-electron chi connectivity index (χ1n) is 6.13. The van der Waals surface area contributed by atoms with Crippen LogP contribution in [0.4, 0.5) is 5.69 Å². The van der Waals surface area contributed by atoms with Gasteiger partial charge in [0.25, 0.3) is 0 Å². The van der Waals surface area contributed by atoms with Crippen molar-refractivity contribution in [2.75, 3.05) is 11.6 Å². The Bertz CT molecular complexity index is 623. The lowest BCUT2D eigenvalue weighted by Gasteiger charge is -2.29. The SMILES string of the molecule is NC1=NCN(Cc2ccccc2)c2ccc(Cl)cc21. The predicted molar refractivity (Wildman–Crippen MR) is 79.7 cm³/mol. The summed E-state index contributed by atoms with van der Waals surface area (Å²) in [7, 11) is 0. The first kappa shape index (κ1) is 12.1. The second-order valence-electron chi connectivity index (χ2n) is 4.53. The van der Waals surface area contributed by atoms with Crippen LogP contribution in [-0.4, -0.2) is 12.5 Å². The van der Waals surface area contributed by atoms with E-state index < -0.39 is 0 Å². The van der Waals surface area contributed by atoms with E-state index in [1.807, 2.05) is 36.4 Å². The van der Waals surface area contributed by atoms with Crippen LogP contribution in [0.5, 0.6) is 0 Å². The van der Waals surface area contributed by atoms with Crippen LogP contribution in [0.2, 0.25) is 5.02 Å². The van der Waals surface area contributed by atoms with E-state index in [2.05, 4.69) is 22.0 Å². The molecular weight excluding hydrogens is 258 g/mol. The third kappa shape index (κ3) is 2.42. The highest BCUT2D eigenvalue weighted by Gasteiger charge is 2.18. The summed E-state index contributed by atoms with van der Waals surface area (Å²) in [6.45, 7) is 1.39. The molecule has 0 radical (unpaired) electrons. The number of amidine groups is 1. The van der Waals surface area contributed by atoms with E-state index in [9.17, 15) is 0 Å². The lowest BCUT2D eigenvalue weighted by Crippen LogP contribution is -2.32. The fourth-order valence-corrected chi connectivity index (χ4v) is 2.42. The number of aliphatic imine (C=N–C) groups is 1. The molecule has 1 aliphatic heterocycles. The third-order valence-electron chi connectivity index (χ3n) is 3.20. The lowest BCUT2D eigenvalue weighted by molar-refractivity contribution is 0.800. The van der Waals surface area contributed by atoms with Gasteiger partial charge >= 0.3 is 0 Å². The zero-order chi connectivity index (χ0) is 13.2. The number of fused-ring (bicyclic) bond motifs is 1. The van der Waals surface area contributed by atoms with E-state index in [1.165, 1.54) is 5.56 Å². The van der Waals surface area contributed by atoms with Gasteiger partial charge in [0.15, 0.2) is 0 Å². The topological polar surface area (TPSA) is 41.6 Å². The van der Waals surface area contributed by atoms with Gasteiger partial charge in [0, 0.05) is 22.8 Å². The van der Waals surface area contributed by atoms with Gasteiger partial charge in [0.2, 0.25) is 0 Å². The first-order valence-corrected chi connectivity index (χ1v) is 6.50. The lowest BCUT2D eigenvalue weighted by atomic mass is 10.1. The van der Waals surface area contributed by atoms with Crippen molar-refractivity contribution >= 4 is 23.1 Å². The summed E-state index contributed by atoms with van der Waals surface area (Å²) in [4.78, 5) is 6.54. The summed E-state index contributed by atoms with van der Waals surface area (Å²) in [5.41, 5.74) is 9.18. The number of hydrogen-bond acceptors (Lipinski definition) is 3. The molecule has 96 valence electrons. The van der Waals surface area contributed by atoms with Gasteiger partial charge in [0.1, 0.15) is 12.5 Å². The van der Waals surface area contributed by atoms with Crippen LogP contribution in [0.3, 0.4) is 0 Å². The molecule has 0 saturated carbocycles. The maximum absolute atomic E-state index is 6.02. The summed E-state index contributed by atoms with van der Waals surface area (Å²) in [6, 6.07) is 16.1. The molecule has 0 bridgehead atoms. The minimum absolute atomic E-state index is 0.557. The Hall–Kier alpha value is -2.00. The van der Waals surface area contributed by atoms with E-state index >= 15 is 0 Å². The highest BCUT2D eigenvalue weighted by molar-refractivity contribution is 6.31. The highest BCUT2D eigenvalue weighted by Crippen LogP contribution is 2.28. The van der Waals surface area contributed by atoms with Crippen molar-refractivity contribution < 1.29 is 0 Å². The average molecular weight is 272 g/mol. The van der Waals surface area contributed by atoms with E-state index in [4.69, 9.17) is 17.3 Å². The third-order valence-corrected chi connectivity index (χ3v) is 3.44. The molecule has 0 saturated heterocycles. The normalized spacial score (nSPS) is 13.9. The van der Waals surface area contributed by atoms with Crippen LogP contribution in [0.25, 0.3) is 0 Å². The van der Waals surface area contributed by atoms with Crippen molar-refractivity contribution in [1.29, 1.82) is 0 Å². The molecule has 19 heavy (non-hydrogen) atoms. The van der Waals surface area contributed by atoms with Gasteiger partial charge in [-0.3, -0.25) is 0 Å². The van der Waals surface area contributed by atoms with Crippen molar-refractivity contribution in [3.63, 3.8) is 0 Å². The molecule has 3 nitrogen and oxygen atoms in total. The number of benzene rings is 2. The van der Waals surface area contributed by atoms with Gasteiger partial charge in [-0.25, -0.2) is 4.99 Å². The van der Waals surface area contributed by atoms with Gasteiger partial charge in [-0.2, -0.15) is 0 Å². The quantitative estimate of drug-likeness (QED) is 0.912. The number of rotatable bonds is 2. The van der Waals surface area contributed by atoms with E-state index in [1.54, 1.807) is 0 Å². The molecule has 4 heteroatoms. The fourth-order valence-electron chi connectivity index (χ4n) is 2.25. The smallest absolute Gasteiger partial charge is 0.129 e. The van der Waals surface area contributed by atoms with Crippen LogP contribution in [0.1, 0.15) is 11.1 Å². The predicted octanol–water partition coefficient (Wildman–Crippen LogP) is 3.02. The Labute approximate surface area is 117 Å². The van der Waals surface area contributed by atoms with Gasteiger partial charge in [-0.1, -0.05) is 41.9 Å². The fraction of sp³-hybridized carbons (Fsp3) is 0.133. The van der Waals surface area contributed by atoms with Crippen molar-refractivity contribution in [1.82, 2.24) is 0 Å². The maximum Gasteiger partial charge on any atom is 0.129 e. The largest absolute Gasteiger partial charge is 0.383 e. The minimum atomic E-state index is 0.557. The number of halogens is 1. The molecule has 0 unspecified atom stereocenters. The Morgan fingerprint density at radius 1 is 1.16 bits per heavy atom. The van der Waals surface area contributed by atoms with E-state index in [0.29, 0.717) is 17.5 Å². The zero-order valence-electron chi connectivity index (χ0n) is 10.4. The van der Waals surface area contributed by atoms with E-state index in [0.717, 1.165) is 17.8 Å². The number of anilines is 1. The molecular formula is C15H14ClN3. The summed E-state index contributed by atoms with van der Waals surface area (Å²) in [5.74, 6) is 0.557. The van der Waals surface area contributed by atoms with Crippen LogP contribution in [-0.2, 0) is 6.54 Å². The van der Waals surface area contributed by atoms with Gasteiger partial charge in [-0.15, -0.1) is 0 Å². The van der Waals surface area contributed by atoms with Crippen LogP contribution in [0.15, 0.2) is 53.5 Å². The standard InChI is InChI=1S/C15H14ClN3/c16-12-6-7-14-13(8-12)15(17)18-10-19(14)9-11-4-2-1-3-5-11/h1-8H,9-10H2,(H2,17,18). The Balaban J connectivity index is 1.94. The molecule has 2 N–H and O–H groups in total. The molecule has 1 heterocycles. The summed E-state index contributed by atoms with van der Waals surface area (Å²) < 4.78 is 0. The minimum Gasteiger partial charge on any atom is -0.383 e. The molecule has 0 aliphatic carbocycles. The molecule has 3 rings (SSSR count). The summed E-state index contributed by atoms with van der Waals surface area (Å²) in [6.07, 6.45) is 0. The average Bonchev–Trinajstić information content (AvgIpc) is 2.43. The summed E-state index contributed by atoms with van der Waals surface area (Å²) in [5, 5.41) is 0.679. The second kappa shape index (κ2) is 4.94. The Morgan fingerprint density at radius 2 is 1.95 bits per heavy atom. The van der Waals surface area contributed by atoms with Crippen LogP contribution in [0, 0.1) is 0 Å². The van der Waals surface area contributed by atoms with Crippen molar-refractivity contribution in [2.45, 2.75) is 6.54 Å². The number of nitrogens with zero attached hydrogens (tertiary/aromatic N) is 2. The molecule has 0 amide bonds. The monoisotopic (exact) mass is 271 g/mol.